The smallest absolute Gasteiger partial charge is 0.177 e. The fourth-order valence-corrected chi connectivity index (χ4v) is 3.00. The van der Waals surface area contributed by atoms with Gasteiger partial charge in [0.1, 0.15) is 0 Å². The summed E-state index contributed by atoms with van der Waals surface area (Å²) in [7, 11) is 0. The van der Waals surface area contributed by atoms with Crippen molar-refractivity contribution in [2.75, 3.05) is 5.73 Å². The maximum Gasteiger partial charge on any atom is 0.177 e. The fraction of sp³-hybridized carbons (Fsp3) is 0.0625. The van der Waals surface area contributed by atoms with Gasteiger partial charge < -0.3 is 10.3 Å². The summed E-state index contributed by atoms with van der Waals surface area (Å²) in [5.74, 6) is 1.01. The van der Waals surface area contributed by atoms with Crippen LogP contribution < -0.4 is 5.73 Å². The number of hydrogen-bond donors (Lipinski definition) is 1. The van der Waals surface area contributed by atoms with Crippen molar-refractivity contribution in [3.05, 3.63) is 57.5 Å². The summed E-state index contributed by atoms with van der Waals surface area (Å²) in [5, 5.41) is 4.61. The summed E-state index contributed by atoms with van der Waals surface area (Å²) in [6, 6.07) is 13.5. The van der Waals surface area contributed by atoms with Gasteiger partial charge in [0, 0.05) is 20.6 Å². The highest BCUT2D eigenvalue weighted by Gasteiger charge is 2.20. The Hall–Kier alpha value is -1.78. The van der Waals surface area contributed by atoms with Crippen LogP contribution >= 0.6 is 27.5 Å². The molecule has 1 aromatic heterocycles. The third kappa shape index (κ3) is 2.57. The molecule has 0 unspecified atom stereocenters. The van der Waals surface area contributed by atoms with Crippen molar-refractivity contribution >= 4 is 33.3 Å². The minimum Gasteiger partial charge on any atom is -0.380 e. The molecule has 0 radical (unpaired) electrons. The number of nitrogens with two attached hydrogens (primary N) is 1. The van der Waals surface area contributed by atoms with E-state index in [1.54, 1.807) is 0 Å². The molecule has 21 heavy (non-hydrogen) atoms. The zero-order valence-electron chi connectivity index (χ0n) is 11.2. The average Bonchev–Trinajstić information content (AvgIpc) is 2.81. The molecule has 0 aliphatic carbocycles. The number of benzene rings is 2. The maximum absolute atomic E-state index is 6.01. The number of rotatable bonds is 2. The highest BCUT2D eigenvalue weighted by Crippen LogP contribution is 2.41. The Morgan fingerprint density at radius 2 is 1.90 bits per heavy atom. The molecule has 2 aromatic carbocycles. The topological polar surface area (TPSA) is 52.0 Å². The molecule has 0 fully saturated rings. The van der Waals surface area contributed by atoms with Gasteiger partial charge in [-0.2, -0.15) is 0 Å². The molecule has 3 nitrogen and oxygen atoms in total. The molecule has 0 aliphatic heterocycles. The van der Waals surface area contributed by atoms with Crippen molar-refractivity contribution in [1.29, 1.82) is 0 Å². The molecular formula is C16H12BrClN2O. The summed E-state index contributed by atoms with van der Waals surface area (Å²) in [4.78, 5) is 0. The molecule has 0 spiro atoms. The second-order valence-corrected chi connectivity index (χ2v) is 6.00. The maximum atomic E-state index is 6.01. The second kappa shape index (κ2) is 5.54. The van der Waals surface area contributed by atoms with Crippen LogP contribution in [0.5, 0.6) is 0 Å². The fourth-order valence-electron chi connectivity index (χ4n) is 2.29. The Morgan fingerprint density at radius 3 is 2.62 bits per heavy atom. The lowest BCUT2D eigenvalue weighted by atomic mass is 9.99. The van der Waals surface area contributed by atoms with Crippen LogP contribution in [-0.4, -0.2) is 5.16 Å². The Bertz CT molecular complexity index is 814. The normalized spacial score (nSPS) is 10.8. The van der Waals surface area contributed by atoms with Crippen LogP contribution in [0.15, 0.2) is 51.5 Å². The first-order valence-electron chi connectivity index (χ1n) is 6.34. The largest absolute Gasteiger partial charge is 0.380 e. The van der Waals surface area contributed by atoms with Gasteiger partial charge in [0.15, 0.2) is 11.6 Å². The van der Waals surface area contributed by atoms with E-state index in [4.69, 9.17) is 21.9 Å². The number of aromatic nitrogens is 1. The molecule has 2 N–H and O–H groups in total. The van der Waals surface area contributed by atoms with Crippen molar-refractivity contribution < 1.29 is 4.52 Å². The first-order chi connectivity index (χ1) is 10.1. The highest BCUT2D eigenvalue weighted by molar-refractivity contribution is 9.10. The molecule has 0 aliphatic rings. The zero-order chi connectivity index (χ0) is 15.0. The van der Waals surface area contributed by atoms with E-state index in [9.17, 15) is 0 Å². The molecule has 5 heteroatoms. The van der Waals surface area contributed by atoms with E-state index in [0.29, 0.717) is 16.6 Å². The minimum atomic E-state index is 0.367. The molecule has 0 amide bonds. The molecule has 0 bridgehead atoms. The molecule has 106 valence electrons. The van der Waals surface area contributed by atoms with E-state index >= 15 is 0 Å². The monoisotopic (exact) mass is 362 g/mol. The quantitative estimate of drug-likeness (QED) is 0.671. The Morgan fingerprint density at radius 1 is 1.14 bits per heavy atom. The molecule has 0 saturated carbocycles. The number of anilines is 1. The molecule has 0 atom stereocenters. The first-order valence-corrected chi connectivity index (χ1v) is 7.51. The van der Waals surface area contributed by atoms with Crippen LogP contribution in [0.25, 0.3) is 22.5 Å². The predicted molar refractivity (Wildman–Crippen MR) is 89.2 cm³/mol. The van der Waals surface area contributed by atoms with Crippen LogP contribution in [0.4, 0.5) is 5.82 Å². The van der Waals surface area contributed by atoms with Crippen LogP contribution in [-0.2, 0) is 0 Å². The summed E-state index contributed by atoms with van der Waals surface area (Å²) >= 11 is 9.56. The number of nitrogens with zero attached hydrogens (tertiary/aromatic N) is 1. The van der Waals surface area contributed by atoms with Gasteiger partial charge in [0.05, 0.1) is 5.56 Å². The lowest BCUT2D eigenvalue weighted by Gasteiger charge is -2.07. The highest BCUT2D eigenvalue weighted by atomic mass is 79.9. The lowest BCUT2D eigenvalue weighted by molar-refractivity contribution is 0.436. The van der Waals surface area contributed by atoms with Crippen molar-refractivity contribution in [2.24, 2.45) is 0 Å². The summed E-state index contributed by atoms with van der Waals surface area (Å²) in [6.45, 7) is 1.98. The Kier molecular flexibility index (Phi) is 3.74. The van der Waals surface area contributed by atoms with Gasteiger partial charge >= 0.3 is 0 Å². The van der Waals surface area contributed by atoms with E-state index in [2.05, 4.69) is 21.1 Å². The average molecular weight is 364 g/mol. The Labute approximate surface area is 135 Å². The van der Waals surface area contributed by atoms with Gasteiger partial charge in [-0.15, -0.1) is 0 Å². The number of hydrogen-bond acceptors (Lipinski definition) is 3. The SMILES string of the molecule is Cc1cc(Cl)ccc1-c1onc(N)c1-c1ccccc1Br. The van der Waals surface area contributed by atoms with E-state index in [-0.39, 0.29) is 0 Å². The zero-order valence-corrected chi connectivity index (χ0v) is 13.6. The van der Waals surface area contributed by atoms with E-state index in [1.807, 2.05) is 49.4 Å². The first kappa shape index (κ1) is 14.2. The van der Waals surface area contributed by atoms with Crippen molar-refractivity contribution in [3.63, 3.8) is 0 Å². The number of aryl methyl sites for hydroxylation is 1. The molecular weight excluding hydrogens is 352 g/mol. The predicted octanol–water partition coefficient (Wildman–Crippen LogP) is 5.32. The third-order valence-electron chi connectivity index (χ3n) is 3.29. The second-order valence-electron chi connectivity index (χ2n) is 4.71. The van der Waals surface area contributed by atoms with Gasteiger partial charge in [-0.3, -0.25) is 0 Å². The minimum absolute atomic E-state index is 0.367. The van der Waals surface area contributed by atoms with Gasteiger partial charge in [-0.05, 0) is 36.8 Å². The third-order valence-corrected chi connectivity index (χ3v) is 4.22. The van der Waals surface area contributed by atoms with Gasteiger partial charge in [0.2, 0.25) is 0 Å². The van der Waals surface area contributed by atoms with Crippen molar-refractivity contribution in [3.8, 4) is 22.5 Å². The number of nitrogen functional groups attached to an aromatic ring is 1. The van der Waals surface area contributed by atoms with E-state index in [1.165, 1.54) is 0 Å². The molecule has 3 rings (SSSR count). The van der Waals surface area contributed by atoms with Crippen LogP contribution in [0.2, 0.25) is 5.02 Å². The standard InChI is InChI=1S/C16H12BrClN2O/c1-9-8-10(18)6-7-11(9)15-14(16(19)20-21-15)12-4-2-3-5-13(12)17/h2-8H,1H3,(H2,19,20). The Balaban J connectivity index is 2.25. The molecule has 3 aromatic rings. The lowest BCUT2D eigenvalue weighted by Crippen LogP contribution is -1.90. The van der Waals surface area contributed by atoms with E-state index < -0.39 is 0 Å². The summed E-state index contributed by atoms with van der Waals surface area (Å²) in [6.07, 6.45) is 0. The number of halogens is 2. The molecule has 0 saturated heterocycles. The van der Waals surface area contributed by atoms with E-state index in [0.717, 1.165) is 26.7 Å². The van der Waals surface area contributed by atoms with Crippen molar-refractivity contribution in [1.82, 2.24) is 5.16 Å². The van der Waals surface area contributed by atoms with Gasteiger partial charge in [-0.25, -0.2) is 0 Å². The van der Waals surface area contributed by atoms with Crippen LogP contribution in [0, 0.1) is 6.92 Å². The van der Waals surface area contributed by atoms with Gasteiger partial charge in [-0.1, -0.05) is 50.9 Å². The molecule has 1 heterocycles. The summed E-state index contributed by atoms with van der Waals surface area (Å²) in [5.41, 5.74) is 9.67. The van der Waals surface area contributed by atoms with Crippen molar-refractivity contribution in [2.45, 2.75) is 6.92 Å². The summed E-state index contributed by atoms with van der Waals surface area (Å²) < 4.78 is 6.41. The van der Waals surface area contributed by atoms with Crippen LogP contribution in [0.3, 0.4) is 0 Å². The van der Waals surface area contributed by atoms with Gasteiger partial charge in [0.25, 0.3) is 0 Å². The van der Waals surface area contributed by atoms with Crippen LogP contribution in [0.1, 0.15) is 5.56 Å².